The summed E-state index contributed by atoms with van der Waals surface area (Å²) in [7, 11) is -3.76. The summed E-state index contributed by atoms with van der Waals surface area (Å²) in [5, 5.41) is 0. The minimum Gasteiger partial charge on any atom is -0.343 e. The number of hydrogen-bond acceptors (Lipinski definition) is 4. The first-order valence-corrected chi connectivity index (χ1v) is 13.3. The molecule has 34 heavy (non-hydrogen) atoms. The SMILES string of the molecule is O=C(CCC(=O)N1CCc2cc(S(=O)(=O)NCc3ccc(F)cc3)ccc21)N1CCCCCC1. The molecule has 1 saturated heterocycles. The van der Waals surface area contributed by atoms with Gasteiger partial charge in [-0.05, 0) is 60.7 Å². The third kappa shape index (κ3) is 5.82. The zero-order valence-corrected chi connectivity index (χ0v) is 19.9. The molecule has 2 aliphatic heterocycles. The van der Waals surface area contributed by atoms with E-state index in [4.69, 9.17) is 0 Å². The minimum atomic E-state index is -3.76. The van der Waals surface area contributed by atoms with Crippen LogP contribution in [0, 0.1) is 5.82 Å². The van der Waals surface area contributed by atoms with E-state index in [1.54, 1.807) is 17.0 Å². The second-order valence-electron chi connectivity index (χ2n) is 8.83. The van der Waals surface area contributed by atoms with Gasteiger partial charge in [-0.3, -0.25) is 9.59 Å². The highest BCUT2D eigenvalue weighted by Crippen LogP contribution is 2.31. The molecular weight excluding hydrogens is 457 g/mol. The lowest BCUT2D eigenvalue weighted by molar-refractivity contribution is -0.133. The number of carbonyl (C=O) groups is 2. The van der Waals surface area contributed by atoms with Crippen LogP contribution in [0.5, 0.6) is 0 Å². The lowest BCUT2D eigenvalue weighted by Crippen LogP contribution is -2.34. The number of nitrogens with zero attached hydrogens (tertiary/aromatic N) is 2. The van der Waals surface area contributed by atoms with Gasteiger partial charge in [-0.25, -0.2) is 17.5 Å². The van der Waals surface area contributed by atoms with Crippen molar-refractivity contribution in [3.05, 3.63) is 59.4 Å². The van der Waals surface area contributed by atoms with Crippen molar-refractivity contribution in [1.82, 2.24) is 9.62 Å². The summed E-state index contributed by atoms with van der Waals surface area (Å²) in [6, 6.07) is 10.4. The maximum Gasteiger partial charge on any atom is 0.240 e. The zero-order valence-electron chi connectivity index (χ0n) is 19.1. The monoisotopic (exact) mass is 487 g/mol. The van der Waals surface area contributed by atoms with E-state index < -0.39 is 10.0 Å². The van der Waals surface area contributed by atoms with E-state index in [-0.39, 0.29) is 41.9 Å². The Balaban J connectivity index is 1.36. The molecule has 2 aromatic rings. The number of anilines is 1. The van der Waals surface area contributed by atoms with Gasteiger partial charge in [-0.2, -0.15) is 0 Å². The Kier molecular flexibility index (Phi) is 7.63. The summed E-state index contributed by atoms with van der Waals surface area (Å²) in [6.07, 6.45) is 5.23. The van der Waals surface area contributed by atoms with E-state index in [9.17, 15) is 22.4 Å². The first-order chi connectivity index (χ1) is 16.3. The summed E-state index contributed by atoms with van der Waals surface area (Å²) in [4.78, 5) is 29.0. The van der Waals surface area contributed by atoms with Crippen LogP contribution < -0.4 is 9.62 Å². The van der Waals surface area contributed by atoms with E-state index in [1.165, 1.54) is 30.3 Å². The van der Waals surface area contributed by atoms with Gasteiger partial charge in [0.15, 0.2) is 0 Å². The van der Waals surface area contributed by atoms with Crippen LogP contribution in [0.2, 0.25) is 0 Å². The fourth-order valence-electron chi connectivity index (χ4n) is 4.50. The molecule has 0 aliphatic carbocycles. The second kappa shape index (κ2) is 10.7. The van der Waals surface area contributed by atoms with E-state index in [2.05, 4.69) is 4.72 Å². The van der Waals surface area contributed by atoms with Crippen molar-refractivity contribution in [2.24, 2.45) is 0 Å². The quantitative estimate of drug-likeness (QED) is 0.649. The maximum atomic E-state index is 13.0. The molecular formula is C25H30FN3O4S. The Hall–Kier alpha value is -2.78. The van der Waals surface area contributed by atoms with E-state index in [0.717, 1.165) is 44.3 Å². The number of hydrogen-bond donors (Lipinski definition) is 1. The van der Waals surface area contributed by atoms with Crippen molar-refractivity contribution >= 4 is 27.5 Å². The number of amides is 2. The largest absolute Gasteiger partial charge is 0.343 e. The van der Waals surface area contributed by atoms with E-state index in [0.29, 0.717) is 24.2 Å². The molecule has 1 N–H and O–H groups in total. The van der Waals surface area contributed by atoms with E-state index in [1.807, 2.05) is 4.90 Å². The molecule has 0 saturated carbocycles. The lowest BCUT2D eigenvalue weighted by Gasteiger charge is -2.21. The number of nitrogens with one attached hydrogen (secondary N) is 1. The third-order valence-corrected chi connectivity index (χ3v) is 7.85. The van der Waals surface area contributed by atoms with Crippen LogP contribution in [0.4, 0.5) is 10.1 Å². The summed E-state index contributed by atoms with van der Waals surface area (Å²) < 4.78 is 41.0. The Morgan fingerprint density at radius 3 is 2.26 bits per heavy atom. The highest BCUT2D eigenvalue weighted by Gasteiger charge is 2.27. The molecule has 2 aliphatic rings. The molecule has 182 valence electrons. The second-order valence-corrected chi connectivity index (χ2v) is 10.6. The third-order valence-electron chi connectivity index (χ3n) is 6.45. The average molecular weight is 488 g/mol. The minimum absolute atomic E-state index is 0.0309. The van der Waals surface area contributed by atoms with Gasteiger partial charge in [0.25, 0.3) is 0 Å². The molecule has 0 bridgehead atoms. The zero-order chi connectivity index (χ0) is 24.1. The van der Waals surface area contributed by atoms with Crippen molar-refractivity contribution in [2.75, 3.05) is 24.5 Å². The standard InChI is InChI=1S/C25H30FN3O4S/c26-21-7-5-19(6-8-21)18-27-34(32,33)22-9-10-23-20(17-22)13-16-29(23)25(31)12-11-24(30)28-14-3-1-2-4-15-28/h5-10,17,27H,1-4,11-16,18H2. The van der Waals surface area contributed by atoms with Crippen LogP contribution >= 0.6 is 0 Å². The summed E-state index contributed by atoms with van der Waals surface area (Å²) in [5.41, 5.74) is 2.14. The fraction of sp³-hybridized carbons (Fsp3) is 0.440. The molecule has 1 fully saturated rings. The van der Waals surface area contributed by atoms with Crippen molar-refractivity contribution in [1.29, 1.82) is 0 Å². The smallest absolute Gasteiger partial charge is 0.240 e. The molecule has 9 heteroatoms. The lowest BCUT2D eigenvalue weighted by atomic mass is 10.2. The predicted octanol–water partition coefficient (Wildman–Crippen LogP) is 3.38. The molecule has 4 rings (SSSR count). The Labute approximate surface area is 200 Å². The number of fused-ring (bicyclic) bond motifs is 1. The van der Waals surface area contributed by atoms with Crippen molar-refractivity contribution < 1.29 is 22.4 Å². The van der Waals surface area contributed by atoms with Gasteiger partial charge in [-0.15, -0.1) is 0 Å². The Morgan fingerprint density at radius 1 is 0.882 bits per heavy atom. The molecule has 2 aromatic carbocycles. The number of likely N-dealkylation sites (tertiary alicyclic amines) is 1. The first kappa shape index (κ1) is 24.3. The van der Waals surface area contributed by atoms with Crippen LogP contribution in [-0.4, -0.2) is 44.8 Å². The number of sulfonamides is 1. The van der Waals surface area contributed by atoms with Gasteiger partial charge in [0.2, 0.25) is 21.8 Å². The van der Waals surface area contributed by atoms with Crippen molar-refractivity contribution in [3.8, 4) is 0 Å². The van der Waals surface area contributed by atoms with Gasteiger partial charge >= 0.3 is 0 Å². The molecule has 0 unspecified atom stereocenters. The molecule has 0 radical (unpaired) electrons. The van der Waals surface area contributed by atoms with Crippen LogP contribution in [0.1, 0.15) is 49.7 Å². The average Bonchev–Trinajstić information content (AvgIpc) is 3.06. The highest BCUT2D eigenvalue weighted by molar-refractivity contribution is 7.89. The van der Waals surface area contributed by atoms with Crippen molar-refractivity contribution in [2.45, 2.75) is 56.4 Å². The summed E-state index contributed by atoms with van der Waals surface area (Å²) in [6.45, 7) is 2.06. The maximum absolute atomic E-state index is 13.0. The Morgan fingerprint density at radius 2 is 1.56 bits per heavy atom. The predicted molar refractivity (Wildman–Crippen MR) is 127 cm³/mol. The van der Waals surface area contributed by atoms with Gasteiger partial charge < -0.3 is 9.80 Å². The topological polar surface area (TPSA) is 86.8 Å². The number of rotatable bonds is 7. The molecule has 0 atom stereocenters. The van der Waals surface area contributed by atoms with Crippen LogP contribution in [-0.2, 0) is 32.6 Å². The van der Waals surface area contributed by atoms with Gasteiger partial charge in [0.1, 0.15) is 5.82 Å². The van der Waals surface area contributed by atoms with Crippen LogP contribution in [0.25, 0.3) is 0 Å². The molecule has 2 amide bonds. The number of halogens is 1. The Bertz CT molecular complexity index is 1140. The van der Waals surface area contributed by atoms with Gasteiger partial charge in [0, 0.05) is 44.7 Å². The fourth-order valence-corrected chi connectivity index (χ4v) is 5.56. The molecule has 2 heterocycles. The van der Waals surface area contributed by atoms with Gasteiger partial charge in [0.05, 0.1) is 4.90 Å². The van der Waals surface area contributed by atoms with Crippen LogP contribution in [0.3, 0.4) is 0 Å². The normalized spacial score (nSPS) is 16.3. The van der Waals surface area contributed by atoms with Gasteiger partial charge in [-0.1, -0.05) is 25.0 Å². The molecule has 0 spiro atoms. The van der Waals surface area contributed by atoms with Crippen molar-refractivity contribution in [3.63, 3.8) is 0 Å². The van der Waals surface area contributed by atoms with E-state index >= 15 is 0 Å². The molecule has 0 aromatic heterocycles. The number of carbonyl (C=O) groups excluding carboxylic acids is 2. The number of benzene rings is 2. The summed E-state index contributed by atoms with van der Waals surface area (Å²) >= 11 is 0. The van der Waals surface area contributed by atoms with Crippen LogP contribution in [0.15, 0.2) is 47.4 Å². The molecule has 7 nitrogen and oxygen atoms in total. The summed E-state index contributed by atoms with van der Waals surface area (Å²) in [5.74, 6) is -0.467. The highest BCUT2D eigenvalue weighted by atomic mass is 32.2. The first-order valence-electron chi connectivity index (χ1n) is 11.8.